The molecule has 0 radical (unpaired) electrons. The minimum atomic E-state index is -3.72. The van der Waals surface area contributed by atoms with Gasteiger partial charge in [-0.05, 0) is 49.9 Å². The largest absolute Gasteiger partial charge is 0.319 e. The lowest BCUT2D eigenvalue weighted by atomic mass is 10.2. The average molecular weight is 357 g/mol. The molecule has 0 saturated heterocycles. The SMILES string of the molecule is CNS(=O)(=O)c1ccc(Cl)c(C(=O)Nc2cc(C)ccc2F)c1. The first-order chi connectivity index (χ1) is 10.7. The molecule has 0 aliphatic rings. The Balaban J connectivity index is 2.39. The highest BCUT2D eigenvalue weighted by Gasteiger charge is 2.18. The maximum Gasteiger partial charge on any atom is 0.257 e. The van der Waals surface area contributed by atoms with Crippen LogP contribution in [0.2, 0.25) is 5.02 Å². The van der Waals surface area contributed by atoms with Gasteiger partial charge in [-0.15, -0.1) is 0 Å². The van der Waals surface area contributed by atoms with Crippen molar-refractivity contribution in [3.05, 3.63) is 58.4 Å². The number of rotatable bonds is 4. The molecule has 2 aromatic carbocycles. The van der Waals surface area contributed by atoms with E-state index in [4.69, 9.17) is 11.6 Å². The molecule has 2 N–H and O–H groups in total. The summed E-state index contributed by atoms with van der Waals surface area (Å²) in [6, 6.07) is 7.98. The fourth-order valence-corrected chi connectivity index (χ4v) is 2.85. The van der Waals surface area contributed by atoms with Crippen molar-refractivity contribution >= 4 is 33.2 Å². The quantitative estimate of drug-likeness (QED) is 0.884. The zero-order valence-electron chi connectivity index (χ0n) is 12.4. The van der Waals surface area contributed by atoms with Crippen molar-refractivity contribution in [2.45, 2.75) is 11.8 Å². The Kier molecular flexibility index (Phi) is 5.03. The molecular weight excluding hydrogens is 343 g/mol. The van der Waals surface area contributed by atoms with Crippen molar-refractivity contribution < 1.29 is 17.6 Å². The lowest BCUT2D eigenvalue weighted by Gasteiger charge is -2.10. The van der Waals surface area contributed by atoms with Gasteiger partial charge in [0.1, 0.15) is 5.82 Å². The van der Waals surface area contributed by atoms with Crippen molar-refractivity contribution in [3.63, 3.8) is 0 Å². The van der Waals surface area contributed by atoms with Crippen molar-refractivity contribution in [2.24, 2.45) is 0 Å². The summed E-state index contributed by atoms with van der Waals surface area (Å²) in [5, 5.41) is 2.45. The molecule has 1 amide bonds. The minimum absolute atomic E-state index is 0.00653. The molecule has 0 aromatic heterocycles. The van der Waals surface area contributed by atoms with Gasteiger partial charge in [-0.1, -0.05) is 17.7 Å². The number of carbonyl (C=O) groups is 1. The smallest absolute Gasteiger partial charge is 0.257 e. The van der Waals surface area contributed by atoms with Gasteiger partial charge in [-0.3, -0.25) is 4.79 Å². The van der Waals surface area contributed by atoms with E-state index in [2.05, 4.69) is 10.0 Å². The molecule has 23 heavy (non-hydrogen) atoms. The maximum absolute atomic E-state index is 13.7. The van der Waals surface area contributed by atoms with Gasteiger partial charge in [0.25, 0.3) is 5.91 Å². The number of aryl methyl sites for hydroxylation is 1. The van der Waals surface area contributed by atoms with Gasteiger partial charge in [-0.2, -0.15) is 0 Å². The lowest BCUT2D eigenvalue weighted by Crippen LogP contribution is -2.20. The van der Waals surface area contributed by atoms with Gasteiger partial charge in [0.15, 0.2) is 0 Å². The molecule has 0 heterocycles. The van der Waals surface area contributed by atoms with Crippen molar-refractivity contribution in [3.8, 4) is 0 Å². The topological polar surface area (TPSA) is 75.3 Å². The van der Waals surface area contributed by atoms with Crippen LogP contribution in [0.25, 0.3) is 0 Å². The third-order valence-corrected chi connectivity index (χ3v) is 4.87. The Morgan fingerprint density at radius 2 is 1.87 bits per heavy atom. The second-order valence-electron chi connectivity index (χ2n) is 4.79. The van der Waals surface area contributed by atoms with E-state index in [0.717, 1.165) is 11.6 Å². The van der Waals surface area contributed by atoms with Crippen LogP contribution in [-0.2, 0) is 10.0 Å². The highest BCUT2D eigenvalue weighted by Crippen LogP contribution is 2.23. The highest BCUT2D eigenvalue weighted by molar-refractivity contribution is 7.89. The van der Waals surface area contributed by atoms with Gasteiger partial charge >= 0.3 is 0 Å². The van der Waals surface area contributed by atoms with Gasteiger partial charge in [-0.25, -0.2) is 17.5 Å². The highest BCUT2D eigenvalue weighted by atomic mass is 35.5. The third-order valence-electron chi connectivity index (χ3n) is 3.13. The van der Waals surface area contributed by atoms with Crippen LogP contribution >= 0.6 is 11.6 Å². The molecule has 0 spiro atoms. The van der Waals surface area contributed by atoms with E-state index < -0.39 is 21.7 Å². The average Bonchev–Trinajstić information content (AvgIpc) is 2.51. The Labute approximate surface area is 138 Å². The second kappa shape index (κ2) is 6.66. The fraction of sp³-hybridized carbons (Fsp3) is 0.133. The first-order valence-corrected chi connectivity index (χ1v) is 8.41. The molecule has 0 bridgehead atoms. The van der Waals surface area contributed by atoms with Gasteiger partial charge in [0.05, 0.1) is 21.2 Å². The van der Waals surface area contributed by atoms with Crippen LogP contribution < -0.4 is 10.0 Å². The van der Waals surface area contributed by atoms with E-state index in [9.17, 15) is 17.6 Å². The summed E-state index contributed by atoms with van der Waals surface area (Å²) in [4.78, 5) is 12.2. The third kappa shape index (κ3) is 3.87. The van der Waals surface area contributed by atoms with Crippen molar-refractivity contribution in [2.75, 3.05) is 12.4 Å². The first-order valence-electron chi connectivity index (χ1n) is 6.55. The van der Waals surface area contributed by atoms with E-state index >= 15 is 0 Å². The molecule has 0 atom stereocenters. The number of hydrogen-bond donors (Lipinski definition) is 2. The molecule has 0 saturated carbocycles. The van der Waals surface area contributed by atoms with E-state index in [1.807, 2.05) is 0 Å². The summed E-state index contributed by atoms with van der Waals surface area (Å²) in [5.74, 6) is -1.30. The van der Waals surface area contributed by atoms with Crippen molar-refractivity contribution in [1.82, 2.24) is 4.72 Å². The van der Waals surface area contributed by atoms with E-state index in [0.29, 0.717) is 0 Å². The Morgan fingerprint density at radius 3 is 2.52 bits per heavy atom. The summed E-state index contributed by atoms with van der Waals surface area (Å²) < 4.78 is 39.5. The molecule has 0 aliphatic heterocycles. The molecule has 2 rings (SSSR count). The number of hydrogen-bond acceptors (Lipinski definition) is 3. The van der Waals surface area contributed by atoms with Crippen LogP contribution in [0.5, 0.6) is 0 Å². The number of anilines is 1. The number of amides is 1. The van der Waals surface area contributed by atoms with Crippen LogP contribution in [0.3, 0.4) is 0 Å². The predicted molar refractivity (Wildman–Crippen MR) is 86.8 cm³/mol. The van der Waals surface area contributed by atoms with Gasteiger partial charge in [0.2, 0.25) is 10.0 Å². The molecular formula is C15H14ClFN2O3S. The number of halogens is 2. The lowest BCUT2D eigenvalue weighted by molar-refractivity contribution is 0.102. The maximum atomic E-state index is 13.7. The minimum Gasteiger partial charge on any atom is -0.319 e. The molecule has 2 aromatic rings. The molecule has 0 unspecified atom stereocenters. The molecule has 0 aliphatic carbocycles. The van der Waals surface area contributed by atoms with E-state index in [1.54, 1.807) is 13.0 Å². The zero-order valence-corrected chi connectivity index (χ0v) is 13.9. The molecule has 0 fully saturated rings. The Hall–Kier alpha value is -1.96. The summed E-state index contributed by atoms with van der Waals surface area (Å²) in [5.41, 5.74) is 0.691. The summed E-state index contributed by atoms with van der Waals surface area (Å²) in [7, 11) is -2.47. The van der Waals surface area contributed by atoms with Crippen LogP contribution in [0.4, 0.5) is 10.1 Å². The standard InChI is InChI=1S/C15H14ClFN2O3S/c1-9-3-6-13(17)14(7-9)19-15(20)11-8-10(4-5-12(11)16)23(21,22)18-2/h3-8,18H,1-2H3,(H,19,20). The van der Waals surface area contributed by atoms with Crippen LogP contribution in [0.1, 0.15) is 15.9 Å². The number of carbonyl (C=O) groups excluding carboxylic acids is 1. The zero-order chi connectivity index (χ0) is 17.2. The van der Waals surface area contributed by atoms with E-state index in [-0.39, 0.29) is 21.2 Å². The van der Waals surface area contributed by atoms with Gasteiger partial charge in [0, 0.05) is 0 Å². The molecule has 5 nitrogen and oxygen atoms in total. The predicted octanol–water partition coefficient (Wildman–Crippen LogP) is 2.95. The van der Waals surface area contributed by atoms with Crippen LogP contribution in [0.15, 0.2) is 41.3 Å². The van der Waals surface area contributed by atoms with Crippen molar-refractivity contribution in [1.29, 1.82) is 0 Å². The first kappa shape index (κ1) is 17.4. The monoisotopic (exact) mass is 356 g/mol. The van der Waals surface area contributed by atoms with Gasteiger partial charge < -0.3 is 5.32 Å². The van der Waals surface area contributed by atoms with E-state index in [1.165, 1.54) is 31.3 Å². The molecule has 122 valence electrons. The second-order valence-corrected chi connectivity index (χ2v) is 7.08. The molecule has 8 heteroatoms. The normalized spacial score (nSPS) is 11.3. The fourth-order valence-electron chi connectivity index (χ4n) is 1.89. The number of nitrogens with one attached hydrogen (secondary N) is 2. The summed E-state index contributed by atoms with van der Waals surface area (Å²) in [6.07, 6.45) is 0. The van der Waals surface area contributed by atoms with Crippen LogP contribution in [-0.4, -0.2) is 21.4 Å². The Bertz CT molecular complexity index is 869. The summed E-state index contributed by atoms with van der Waals surface area (Å²) >= 11 is 5.95. The summed E-state index contributed by atoms with van der Waals surface area (Å²) in [6.45, 7) is 1.75. The van der Waals surface area contributed by atoms with Crippen LogP contribution in [0, 0.1) is 12.7 Å². The number of sulfonamides is 1. The number of benzene rings is 2. The Morgan fingerprint density at radius 1 is 1.17 bits per heavy atom.